The molecule has 3 aromatic rings. The zero-order valence-corrected chi connectivity index (χ0v) is 19.0. The summed E-state index contributed by atoms with van der Waals surface area (Å²) in [5, 5.41) is 0. The SMILES string of the molecule is COc1ccc(C=Nc2ccc(C(=O)Oc3ccc(C(=O)OCCC(C)C)cc3)cc2)cc1. The van der Waals surface area contributed by atoms with Gasteiger partial charge in [-0.15, -0.1) is 0 Å². The number of methoxy groups -OCH3 is 1. The minimum Gasteiger partial charge on any atom is -0.497 e. The summed E-state index contributed by atoms with van der Waals surface area (Å²) in [5.41, 5.74) is 2.46. The van der Waals surface area contributed by atoms with Gasteiger partial charge >= 0.3 is 11.9 Å². The number of benzene rings is 3. The Morgan fingerprint density at radius 2 is 1.39 bits per heavy atom. The molecule has 0 aliphatic rings. The van der Waals surface area contributed by atoms with Gasteiger partial charge in [0.1, 0.15) is 11.5 Å². The minimum absolute atomic E-state index is 0.348. The van der Waals surface area contributed by atoms with Crippen LogP contribution >= 0.6 is 0 Å². The van der Waals surface area contributed by atoms with Crippen LogP contribution in [0.3, 0.4) is 0 Å². The maximum absolute atomic E-state index is 12.4. The molecule has 0 radical (unpaired) electrons. The van der Waals surface area contributed by atoms with E-state index in [2.05, 4.69) is 18.8 Å². The van der Waals surface area contributed by atoms with Crippen LogP contribution in [-0.4, -0.2) is 31.9 Å². The second-order valence-corrected chi connectivity index (χ2v) is 7.81. The fraction of sp³-hybridized carbons (Fsp3) is 0.222. The Kier molecular flexibility index (Phi) is 8.36. The molecular formula is C27H27NO5. The summed E-state index contributed by atoms with van der Waals surface area (Å²) in [6.45, 7) is 4.52. The van der Waals surface area contributed by atoms with Crippen molar-refractivity contribution in [3.8, 4) is 11.5 Å². The smallest absolute Gasteiger partial charge is 0.343 e. The number of rotatable bonds is 9. The van der Waals surface area contributed by atoms with E-state index in [4.69, 9.17) is 14.2 Å². The van der Waals surface area contributed by atoms with E-state index < -0.39 is 5.97 Å². The number of hydrogen-bond acceptors (Lipinski definition) is 6. The van der Waals surface area contributed by atoms with Crippen molar-refractivity contribution in [2.75, 3.05) is 13.7 Å². The third-order valence-corrected chi connectivity index (χ3v) is 4.81. The van der Waals surface area contributed by atoms with E-state index in [9.17, 15) is 9.59 Å². The molecule has 0 fully saturated rings. The van der Waals surface area contributed by atoms with Crippen molar-refractivity contribution in [2.45, 2.75) is 20.3 Å². The van der Waals surface area contributed by atoms with Crippen molar-refractivity contribution in [1.82, 2.24) is 0 Å². The topological polar surface area (TPSA) is 74.2 Å². The maximum Gasteiger partial charge on any atom is 0.343 e. The lowest BCUT2D eigenvalue weighted by atomic mass is 10.1. The summed E-state index contributed by atoms with van der Waals surface area (Å²) in [6.07, 6.45) is 2.55. The lowest BCUT2D eigenvalue weighted by Crippen LogP contribution is -2.09. The molecule has 0 unspecified atom stereocenters. The molecule has 0 aliphatic carbocycles. The van der Waals surface area contributed by atoms with Crippen LogP contribution in [0, 0.1) is 5.92 Å². The first-order chi connectivity index (χ1) is 15.9. The number of aliphatic imine (C=N–C) groups is 1. The van der Waals surface area contributed by atoms with Crippen molar-refractivity contribution in [1.29, 1.82) is 0 Å². The van der Waals surface area contributed by atoms with Crippen LogP contribution in [0.5, 0.6) is 11.5 Å². The molecule has 0 aliphatic heterocycles. The summed E-state index contributed by atoms with van der Waals surface area (Å²) >= 11 is 0. The molecule has 0 aromatic heterocycles. The molecule has 33 heavy (non-hydrogen) atoms. The lowest BCUT2D eigenvalue weighted by molar-refractivity contribution is 0.0488. The first kappa shape index (κ1) is 23.7. The molecule has 6 heteroatoms. The normalized spacial score (nSPS) is 10.9. The molecule has 0 spiro atoms. The van der Waals surface area contributed by atoms with E-state index in [0.29, 0.717) is 35.1 Å². The van der Waals surface area contributed by atoms with Gasteiger partial charge in [0, 0.05) is 6.21 Å². The van der Waals surface area contributed by atoms with Gasteiger partial charge in [0.05, 0.1) is 30.5 Å². The predicted octanol–water partition coefficient (Wildman–Crippen LogP) is 5.87. The van der Waals surface area contributed by atoms with Crippen molar-refractivity contribution >= 4 is 23.8 Å². The Balaban J connectivity index is 1.54. The van der Waals surface area contributed by atoms with E-state index in [1.54, 1.807) is 61.9 Å². The maximum atomic E-state index is 12.4. The number of carbonyl (C=O) groups is 2. The molecule has 6 nitrogen and oxygen atoms in total. The average molecular weight is 446 g/mol. The van der Waals surface area contributed by atoms with Gasteiger partial charge in [0.25, 0.3) is 0 Å². The summed E-state index contributed by atoms with van der Waals surface area (Å²) in [6, 6.07) is 20.7. The largest absolute Gasteiger partial charge is 0.497 e. The molecule has 3 aromatic carbocycles. The fourth-order valence-corrected chi connectivity index (χ4v) is 2.82. The minimum atomic E-state index is -0.493. The Hall–Kier alpha value is -3.93. The highest BCUT2D eigenvalue weighted by Crippen LogP contribution is 2.18. The van der Waals surface area contributed by atoms with Gasteiger partial charge in [0.15, 0.2) is 0 Å². The van der Waals surface area contributed by atoms with Gasteiger partial charge in [-0.1, -0.05) is 13.8 Å². The van der Waals surface area contributed by atoms with Gasteiger partial charge < -0.3 is 14.2 Å². The molecule has 3 rings (SSSR count). The molecule has 0 heterocycles. The van der Waals surface area contributed by atoms with E-state index in [1.165, 1.54) is 0 Å². The van der Waals surface area contributed by atoms with Crippen LogP contribution < -0.4 is 9.47 Å². The molecular weight excluding hydrogens is 418 g/mol. The standard InChI is InChI=1S/C27H27NO5/c1-19(2)16-17-32-26(29)21-8-14-25(15-9-21)33-27(30)22-6-10-23(11-7-22)28-18-20-4-12-24(31-3)13-5-20/h4-15,18-19H,16-17H2,1-3H3. The van der Waals surface area contributed by atoms with E-state index in [-0.39, 0.29) is 5.97 Å². The second kappa shape index (κ2) is 11.6. The van der Waals surface area contributed by atoms with Gasteiger partial charge in [-0.05, 0) is 90.7 Å². The first-order valence-electron chi connectivity index (χ1n) is 10.7. The summed E-state index contributed by atoms with van der Waals surface area (Å²) in [4.78, 5) is 28.9. The van der Waals surface area contributed by atoms with Gasteiger partial charge in [-0.25, -0.2) is 9.59 Å². The van der Waals surface area contributed by atoms with Crippen molar-refractivity contribution in [3.05, 3.63) is 89.5 Å². The van der Waals surface area contributed by atoms with Crippen LogP contribution in [0.25, 0.3) is 0 Å². The zero-order chi connectivity index (χ0) is 23.6. The van der Waals surface area contributed by atoms with E-state index in [0.717, 1.165) is 17.7 Å². The lowest BCUT2D eigenvalue weighted by Gasteiger charge is -2.08. The van der Waals surface area contributed by atoms with Gasteiger partial charge in [-0.2, -0.15) is 0 Å². The quantitative estimate of drug-likeness (QED) is 0.234. The Morgan fingerprint density at radius 1 is 0.818 bits per heavy atom. The predicted molar refractivity (Wildman–Crippen MR) is 128 cm³/mol. The molecule has 0 amide bonds. The van der Waals surface area contributed by atoms with Gasteiger partial charge in [-0.3, -0.25) is 4.99 Å². The Morgan fingerprint density at radius 3 is 2.00 bits per heavy atom. The molecule has 0 atom stereocenters. The van der Waals surface area contributed by atoms with Crippen molar-refractivity contribution in [2.24, 2.45) is 10.9 Å². The molecule has 0 bridgehead atoms. The third kappa shape index (κ3) is 7.31. The summed E-state index contributed by atoms with van der Waals surface area (Å²) < 4.78 is 15.8. The number of hydrogen-bond donors (Lipinski definition) is 0. The number of carbonyl (C=O) groups excluding carboxylic acids is 2. The Labute approximate surface area is 193 Å². The van der Waals surface area contributed by atoms with E-state index >= 15 is 0 Å². The average Bonchev–Trinajstić information content (AvgIpc) is 2.83. The van der Waals surface area contributed by atoms with Crippen LogP contribution in [-0.2, 0) is 4.74 Å². The highest BCUT2D eigenvalue weighted by molar-refractivity contribution is 5.92. The highest BCUT2D eigenvalue weighted by Gasteiger charge is 2.11. The summed E-state index contributed by atoms with van der Waals surface area (Å²) in [5.74, 6) is 0.716. The van der Waals surface area contributed by atoms with Crippen molar-refractivity contribution < 1.29 is 23.8 Å². The number of ether oxygens (including phenoxy) is 3. The van der Waals surface area contributed by atoms with Crippen LogP contribution in [0.1, 0.15) is 46.5 Å². The summed E-state index contributed by atoms with van der Waals surface area (Å²) in [7, 11) is 1.62. The van der Waals surface area contributed by atoms with E-state index in [1.807, 2.05) is 24.3 Å². The van der Waals surface area contributed by atoms with Crippen LogP contribution in [0.4, 0.5) is 5.69 Å². The zero-order valence-electron chi connectivity index (χ0n) is 19.0. The first-order valence-corrected chi connectivity index (χ1v) is 10.7. The van der Waals surface area contributed by atoms with Crippen molar-refractivity contribution in [3.63, 3.8) is 0 Å². The molecule has 0 saturated carbocycles. The monoisotopic (exact) mass is 445 g/mol. The molecule has 170 valence electrons. The van der Waals surface area contributed by atoms with Crippen LogP contribution in [0.2, 0.25) is 0 Å². The molecule has 0 N–H and O–H groups in total. The van der Waals surface area contributed by atoms with Crippen LogP contribution in [0.15, 0.2) is 77.8 Å². The van der Waals surface area contributed by atoms with Gasteiger partial charge in [0.2, 0.25) is 0 Å². The second-order valence-electron chi connectivity index (χ2n) is 7.81. The number of nitrogens with zero attached hydrogens (tertiary/aromatic N) is 1. The highest BCUT2D eigenvalue weighted by atomic mass is 16.5. The Bertz CT molecular complexity index is 1080. The third-order valence-electron chi connectivity index (χ3n) is 4.81. The number of esters is 2. The fourth-order valence-electron chi connectivity index (χ4n) is 2.82. The molecule has 0 saturated heterocycles.